The standard InChI is InChI=1S/C16H22N2O2/c1-10(2)18-9-13(8-15(18)19)16(20)17-14-6-5-11(3)12(4)7-14/h5-7,10,13H,8-9H2,1-4H3,(H,17,20)/t13-/m0/s1. The molecule has 1 atom stereocenters. The van der Waals surface area contributed by atoms with Gasteiger partial charge >= 0.3 is 0 Å². The summed E-state index contributed by atoms with van der Waals surface area (Å²) in [6.07, 6.45) is 0.314. The SMILES string of the molecule is Cc1ccc(NC(=O)[C@H]2CC(=O)N(C(C)C)C2)cc1C. The molecule has 1 N–H and O–H groups in total. The van der Waals surface area contributed by atoms with Crippen LogP contribution in [0, 0.1) is 19.8 Å². The van der Waals surface area contributed by atoms with E-state index in [0.29, 0.717) is 13.0 Å². The number of benzene rings is 1. The maximum absolute atomic E-state index is 12.2. The molecule has 1 aromatic rings. The third-order valence-electron chi connectivity index (χ3n) is 3.93. The van der Waals surface area contributed by atoms with Crippen LogP contribution in [0.3, 0.4) is 0 Å². The van der Waals surface area contributed by atoms with Crippen molar-refractivity contribution in [2.75, 3.05) is 11.9 Å². The smallest absolute Gasteiger partial charge is 0.229 e. The molecule has 4 nitrogen and oxygen atoms in total. The van der Waals surface area contributed by atoms with Crippen LogP contribution in [-0.2, 0) is 9.59 Å². The number of anilines is 1. The van der Waals surface area contributed by atoms with E-state index >= 15 is 0 Å². The molecule has 4 heteroatoms. The molecular formula is C16H22N2O2. The normalized spacial score (nSPS) is 18.8. The van der Waals surface area contributed by atoms with Gasteiger partial charge in [0.2, 0.25) is 11.8 Å². The van der Waals surface area contributed by atoms with Crippen LogP contribution in [-0.4, -0.2) is 29.3 Å². The maximum Gasteiger partial charge on any atom is 0.229 e. The van der Waals surface area contributed by atoms with Gasteiger partial charge in [-0.1, -0.05) is 6.07 Å². The first kappa shape index (κ1) is 14.6. The van der Waals surface area contributed by atoms with Crippen molar-refractivity contribution < 1.29 is 9.59 Å². The summed E-state index contributed by atoms with van der Waals surface area (Å²) < 4.78 is 0. The lowest BCUT2D eigenvalue weighted by molar-refractivity contribution is -0.129. The second kappa shape index (κ2) is 5.65. The van der Waals surface area contributed by atoms with E-state index in [4.69, 9.17) is 0 Å². The molecule has 108 valence electrons. The molecule has 0 spiro atoms. The Morgan fingerprint density at radius 1 is 1.30 bits per heavy atom. The summed E-state index contributed by atoms with van der Waals surface area (Å²) in [6.45, 7) is 8.53. The third-order valence-corrected chi connectivity index (χ3v) is 3.93. The Morgan fingerprint density at radius 3 is 2.55 bits per heavy atom. The minimum absolute atomic E-state index is 0.0650. The zero-order chi connectivity index (χ0) is 14.9. The largest absolute Gasteiger partial charge is 0.339 e. The summed E-state index contributed by atoms with van der Waals surface area (Å²) in [5.74, 6) is -0.239. The fourth-order valence-electron chi connectivity index (χ4n) is 2.47. The number of nitrogens with zero attached hydrogens (tertiary/aromatic N) is 1. The monoisotopic (exact) mass is 274 g/mol. The van der Waals surface area contributed by atoms with Crippen molar-refractivity contribution in [2.45, 2.75) is 40.2 Å². The number of nitrogens with one attached hydrogen (secondary N) is 1. The summed E-state index contributed by atoms with van der Waals surface area (Å²) in [6, 6.07) is 6.01. The number of rotatable bonds is 3. The van der Waals surface area contributed by atoms with Crippen LogP contribution in [0.25, 0.3) is 0 Å². The molecule has 1 fully saturated rings. The first-order chi connectivity index (χ1) is 9.38. The minimum Gasteiger partial charge on any atom is -0.339 e. The van der Waals surface area contributed by atoms with E-state index in [1.165, 1.54) is 5.56 Å². The first-order valence-electron chi connectivity index (χ1n) is 7.06. The summed E-state index contributed by atoms with van der Waals surface area (Å²) in [5.41, 5.74) is 3.15. The van der Waals surface area contributed by atoms with Crippen LogP contribution in [0.2, 0.25) is 0 Å². The van der Waals surface area contributed by atoms with Gasteiger partial charge in [0.1, 0.15) is 0 Å². The van der Waals surface area contributed by atoms with Crippen LogP contribution < -0.4 is 5.32 Å². The molecule has 20 heavy (non-hydrogen) atoms. The highest BCUT2D eigenvalue weighted by atomic mass is 16.2. The number of amides is 2. The topological polar surface area (TPSA) is 49.4 Å². The van der Waals surface area contributed by atoms with Crippen molar-refractivity contribution in [3.05, 3.63) is 29.3 Å². The van der Waals surface area contributed by atoms with Crippen molar-refractivity contribution in [2.24, 2.45) is 5.92 Å². The van der Waals surface area contributed by atoms with Gasteiger partial charge in [-0.25, -0.2) is 0 Å². The first-order valence-corrected chi connectivity index (χ1v) is 7.06. The van der Waals surface area contributed by atoms with E-state index in [1.54, 1.807) is 4.90 Å². The van der Waals surface area contributed by atoms with Crippen molar-refractivity contribution in [1.82, 2.24) is 4.90 Å². The van der Waals surface area contributed by atoms with Crippen LogP contribution >= 0.6 is 0 Å². The molecule has 0 saturated carbocycles. The number of likely N-dealkylation sites (tertiary alicyclic amines) is 1. The lowest BCUT2D eigenvalue weighted by Crippen LogP contribution is -2.33. The van der Waals surface area contributed by atoms with E-state index in [-0.39, 0.29) is 23.8 Å². The molecule has 0 bridgehead atoms. The number of carbonyl (C=O) groups excluding carboxylic acids is 2. The summed E-state index contributed by atoms with van der Waals surface area (Å²) in [5, 5.41) is 2.91. The zero-order valence-corrected chi connectivity index (χ0v) is 12.6. The summed E-state index contributed by atoms with van der Waals surface area (Å²) in [7, 11) is 0. The van der Waals surface area contributed by atoms with Gasteiger partial charge in [-0.15, -0.1) is 0 Å². The van der Waals surface area contributed by atoms with E-state index in [0.717, 1.165) is 11.3 Å². The maximum atomic E-state index is 12.2. The van der Waals surface area contributed by atoms with Gasteiger partial charge in [0.15, 0.2) is 0 Å². The molecule has 2 rings (SSSR count). The highest BCUT2D eigenvalue weighted by Gasteiger charge is 2.35. The number of carbonyl (C=O) groups is 2. The van der Waals surface area contributed by atoms with E-state index in [9.17, 15) is 9.59 Å². The average molecular weight is 274 g/mol. The number of aryl methyl sites for hydroxylation is 2. The Hall–Kier alpha value is -1.84. The van der Waals surface area contributed by atoms with Crippen LogP contribution in [0.5, 0.6) is 0 Å². The molecule has 0 aromatic heterocycles. The highest BCUT2D eigenvalue weighted by molar-refractivity contribution is 5.97. The average Bonchev–Trinajstić information content (AvgIpc) is 2.76. The molecular weight excluding hydrogens is 252 g/mol. The molecule has 1 aromatic carbocycles. The fourth-order valence-corrected chi connectivity index (χ4v) is 2.47. The van der Waals surface area contributed by atoms with Crippen molar-refractivity contribution >= 4 is 17.5 Å². The molecule has 0 radical (unpaired) electrons. The fraction of sp³-hybridized carbons (Fsp3) is 0.500. The number of hydrogen-bond acceptors (Lipinski definition) is 2. The molecule has 1 aliphatic heterocycles. The third kappa shape index (κ3) is 3.00. The molecule has 1 aliphatic rings. The van der Waals surface area contributed by atoms with Crippen molar-refractivity contribution in [1.29, 1.82) is 0 Å². The van der Waals surface area contributed by atoms with Gasteiger partial charge in [-0.2, -0.15) is 0 Å². The van der Waals surface area contributed by atoms with E-state index in [1.807, 2.05) is 45.9 Å². The second-order valence-electron chi connectivity index (χ2n) is 5.83. The Bertz CT molecular complexity index is 537. The predicted molar refractivity (Wildman–Crippen MR) is 79.5 cm³/mol. The highest BCUT2D eigenvalue weighted by Crippen LogP contribution is 2.22. The molecule has 1 heterocycles. The van der Waals surface area contributed by atoms with Crippen LogP contribution in [0.4, 0.5) is 5.69 Å². The van der Waals surface area contributed by atoms with Gasteiger partial charge < -0.3 is 10.2 Å². The lowest BCUT2D eigenvalue weighted by atomic mass is 10.1. The van der Waals surface area contributed by atoms with Crippen molar-refractivity contribution in [3.8, 4) is 0 Å². The van der Waals surface area contributed by atoms with Gasteiger partial charge in [-0.05, 0) is 51.0 Å². The van der Waals surface area contributed by atoms with Crippen LogP contribution in [0.15, 0.2) is 18.2 Å². The predicted octanol–water partition coefficient (Wildman–Crippen LogP) is 2.50. The summed E-state index contributed by atoms with van der Waals surface area (Å²) in [4.78, 5) is 25.8. The quantitative estimate of drug-likeness (QED) is 0.920. The minimum atomic E-state index is -0.244. The van der Waals surface area contributed by atoms with E-state index < -0.39 is 0 Å². The Balaban J connectivity index is 2.02. The summed E-state index contributed by atoms with van der Waals surface area (Å²) >= 11 is 0. The van der Waals surface area contributed by atoms with Gasteiger partial charge in [0.05, 0.1) is 5.92 Å². The molecule has 0 aliphatic carbocycles. The van der Waals surface area contributed by atoms with Gasteiger partial charge in [0, 0.05) is 24.7 Å². The Kier molecular flexibility index (Phi) is 4.12. The molecule has 1 saturated heterocycles. The van der Waals surface area contributed by atoms with Gasteiger partial charge in [0.25, 0.3) is 0 Å². The Labute approximate surface area is 120 Å². The van der Waals surface area contributed by atoms with Crippen molar-refractivity contribution in [3.63, 3.8) is 0 Å². The molecule has 2 amide bonds. The zero-order valence-electron chi connectivity index (χ0n) is 12.6. The number of hydrogen-bond donors (Lipinski definition) is 1. The Morgan fingerprint density at radius 2 is 2.00 bits per heavy atom. The van der Waals surface area contributed by atoms with Crippen LogP contribution in [0.1, 0.15) is 31.4 Å². The second-order valence-corrected chi connectivity index (χ2v) is 5.83. The van der Waals surface area contributed by atoms with E-state index in [2.05, 4.69) is 5.32 Å². The lowest BCUT2D eigenvalue weighted by Gasteiger charge is -2.20. The van der Waals surface area contributed by atoms with Gasteiger partial charge in [-0.3, -0.25) is 9.59 Å². The molecule has 0 unspecified atom stereocenters.